The number of carbonyl (C=O) groups excluding carboxylic acids is 1. The van der Waals surface area contributed by atoms with Gasteiger partial charge in [-0.3, -0.25) is 9.00 Å². The summed E-state index contributed by atoms with van der Waals surface area (Å²) in [6, 6.07) is 5.76. The number of carbonyl (C=O) groups is 1. The zero-order chi connectivity index (χ0) is 15.1. The maximum atomic E-state index is 12.3. The number of hydrogen-bond acceptors (Lipinski definition) is 3. The van der Waals surface area contributed by atoms with Crippen LogP contribution in [0.25, 0.3) is 0 Å². The number of benzene rings is 1. The Morgan fingerprint density at radius 3 is 2.70 bits per heavy atom. The maximum absolute atomic E-state index is 12.3. The summed E-state index contributed by atoms with van der Waals surface area (Å²) < 4.78 is 11.1. The van der Waals surface area contributed by atoms with Gasteiger partial charge in [-0.15, -0.1) is 0 Å². The number of hydrogen-bond donors (Lipinski definition) is 2. The Balaban J connectivity index is 2.73. The van der Waals surface area contributed by atoms with Crippen molar-refractivity contribution >= 4 is 22.4 Å². The van der Waals surface area contributed by atoms with E-state index in [0.717, 1.165) is 24.2 Å². The molecule has 0 bridgehead atoms. The predicted octanol–water partition coefficient (Wildman–Crippen LogP) is 2.31. The van der Waals surface area contributed by atoms with Gasteiger partial charge in [-0.2, -0.15) is 0 Å². The first kappa shape index (κ1) is 16.7. The van der Waals surface area contributed by atoms with Crippen molar-refractivity contribution in [2.45, 2.75) is 33.2 Å². The Morgan fingerprint density at radius 2 is 2.10 bits per heavy atom. The van der Waals surface area contributed by atoms with E-state index in [-0.39, 0.29) is 11.9 Å². The molecule has 1 aromatic carbocycles. The molecule has 2 N–H and O–H groups in total. The number of anilines is 1. The molecule has 1 rings (SSSR count). The van der Waals surface area contributed by atoms with Crippen LogP contribution < -0.4 is 10.6 Å². The molecule has 1 aromatic rings. The second-order valence-electron chi connectivity index (χ2n) is 5.02. The zero-order valence-electron chi connectivity index (χ0n) is 12.7. The van der Waals surface area contributed by atoms with Crippen LogP contribution in [-0.2, 0) is 10.8 Å². The van der Waals surface area contributed by atoms with Crippen molar-refractivity contribution in [3.63, 3.8) is 0 Å². The first-order valence-electron chi connectivity index (χ1n) is 6.89. The lowest BCUT2D eigenvalue weighted by atomic mass is 10.1. The van der Waals surface area contributed by atoms with Gasteiger partial charge in [0, 0.05) is 41.1 Å². The van der Waals surface area contributed by atoms with Gasteiger partial charge in [0.05, 0.1) is 5.56 Å². The SMILES string of the molecule is CCNc1cc(C)ccc1C(=O)NC(C)CCS(C)=O. The molecule has 2 atom stereocenters. The van der Waals surface area contributed by atoms with E-state index in [4.69, 9.17) is 0 Å². The first-order valence-corrected chi connectivity index (χ1v) is 8.62. The fraction of sp³-hybridized carbons (Fsp3) is 0.533. The van der Waals surface area contributed by atoms with Crippen molar-refractivity contribution in [2.24, 2.45) is 0 Å². The second kappa shape index (κ2) is 8.04. The van der Waals surface area contributed by atoms with E-state index in [1.54, 1.807) is 6.26 Å². The predicted molar refractivity (Wildman–Crippen MR) is 85.8 cm³/mol. The Morgan fingerprint density at radius 1 is 1.40 bits per heavy atom. The second-order valence-corrected chi connectivity index (χ2v) is 6.57. The monoisotopic (exact) mass is 296 g/mol. The molecular weight excluding hydrogens is 272 g/mol. The van der Waals surface area contributed by atoms with Crippen LogP contribution in [0, 0.1) is 6.92 Å². The molecule has 0 heterocycles. The van der Waals surface area contributed by atoms with Crippen LogP contribution in [0.5, 0.6) is 0 Å². The summed E-state index contributed by atoms with van der Waals surface area (Å²) in [5.74, 6) is 0.519. The van der Waals surface area contributed by atoms with Gasteiger partial charge in [0.25, 0.3) is 5.91 Å². The standard InChI is InChI=1S/C15H24N2O2S/c1-5-16-14-10-11(2)6-7-13(14)15(18)17-12(3)8-9-20(4)19/h6-7,10,12,16H,5,8-9H2,1-4H3,(H,17,18). The highest BCUT2D eigenvalue weighted by Gasteiger charge is 2.14. The van der Waals surface area contributed by atoms with Crippen LogP contribution in [0.15, 0.2) is 18.2 Å². The Hall–Kier alpha value is -1.36. The van der Waals surface area contributed by atoms with Gasteiger partial charge < -0.3 is 10.6 Å². The normalized spacial score (nSPS) is 13.6. The molecule has 4 nitrogen and oxygen atoms in total. The van der Waals surface area contributed by atoms with E-state index in [2.05, 4.69) is 10.6 Å². The molecule has 20 heavy (non-hydrogen) atoms. The summed E-state index contributed by atoms with van der Waals surface area (Å²) in [7, 11) is -0.820. The summed E-state index contributed by atoms with van der Waals surface area (Å²) in [6.07, 6.45) is 2.40. The molecule has 0 saturated heterocycles. The van der Waals surface area contributed by atoms with Gasteiger partial charge in [-0.1, -0.05) is 6.07 Å². The number of nitrogens with one attached hydrogen (secondary N) is 2. The highest BCUT2D eigenvalue weighted by molar-refractivity contribution is 7.84. The molecule has 0 radical (unpaired) electrons. The van der Waals surface area contributed by atoms with Crippen LogP contribution in [0.4, 0.5) is 5.69 Å². The molecule has 0 aliphatic carbocycles. The first-order chi connectivity index (χ1) is 9.43. The molecule has 0 fully saturated rings. The third kappa shape index (κ3) is 5.33. The Kier molecular flexibility index (Phi) is 6.71. The van der Waals surface area contributed by atoms with Crippen molar-refractivity contribution < 1.29 is 9.00 Å². The van der Waals surface area contributed by atoms with Crippen LogP contribution in [0.1, 0.15) is 36.2 Å². The summed E-state index contributed by atoms with van der Waals surface area (Å²) in [6.45, 7) is 6.71. The molecule has 0 aromatic heterocycles. The minimum Gasteiger partial charge on any atom is -0.385 e. The third-order valence-electron chi connectivity index (χ3n) is 3.00. The highest BCUT2D eigenvalue weighted by atomic mass is 32.2. The minimum atomic E-state index is -0.820. The lowest BCUT2D eigenvalue weighted by Crippen LogP contribution is -2.34. The minimum absolute atomic E-state index is 0.0159. The van der Waals surface area contributed by atoms with E-state index >= 15 is 0 Å². The van der Waals surface area contributed by atoms with Gasteiger partial charge in [0.1, 0.15) is 0 Å². The molecule has 0 spiro atoms. The number of aryl methyl sites for hydroxylation is 1. The van der Waals surface area contributed by atoms with Gasteiger partial charge in [-0.25, -0.2) is 0 Å². The van der Waals surface area contributed by atoms with Crippen LogP contribution in [0.3, 0.4) is 0 Å². The van der Waals surface area contributed by atoms with Crippen LogP contribution >= 0.6 is 0 Å². The molecule has 5 heteroatoms. The zero-order valence-corrected chi connectivity index (χ0v) is 13.5. The largest absolute Gasteiger partial charge is 0.385 e. The van der Waals surface area contributed by atoms with Crippen molar-refractivity contribution in [3.8, 4) is 0 Å². The molecule has 1 amide bonds. The van der Waals surface area contributed by atoms with Crippen molar-refractivity contribution in [1.82, 2.24) is 5.32 Å². The average molecular weight is 296 g/mol. The quantitative estimate of drug-likeness (QED) is 0.812. The summed E-state index contributed by atoms with van der Waals surface area (Å²) in [4.78, 5) is 12.3. The highest BCUT2D eigenvalue weighted by Crippen LogP contribution is 2.17. The average Bonchev–Trinajstić information content (AvgIpc) is 2.36. The van der Waals surface area contributed by atoms with Crippen molar-refractivity contribution in [1.29, 1.82) is 0 Å². The van der Waals surface area contributed by atoms with Gasteiger partial charge >= 0.3 is 0 Å². The van der Waals surface area contributed by atoms with E-state index in [0.29, 0.717) is 11.3 Å². The fourth-order valence-electron chi connectivity index (χ4n) is 1.91. The van der Waals surface area contributed by atoms with E-state index in [1.807, 2.05) is 39.0 Å². The fourth-order valence-corrected chi connectivity index (χ4v) is 2.59. The van der Waals surface area contributed by atoms with E-state index < -0.39 is 10.8 Å². The van der Waals surface area contributed by atoms with Gasteiger partial charge in [0.15, 0.2) is 0 Å². The molecule has 112 valence electrons. The smallest absolute Gasteiger partial charge is 0.253 e. The maximum Gasteiger partial charge on any atom is 0.253 e. The van der Waals surface area contributed by atoms with Gasteiger partial charge in [0.2, 0.25) is 0 Å². The Bertz CT molecular complexity index is 489. The van der Waals surface area contributed by atoms with Crippen LogP contribution in [-0.4, -0.2) is 34.7 Å². The van der Waals surface area contributed by atoms with E-state index in [9.17, 15) is 9.00 Å². The topological polar surface area (TPSA) is 58.2 Å². The summed E-state index contributed by atoms with van der Waals surface area (Å²) >= 11 is 0. The third-order valence-corrected chi connectivity index (χ3v) is 3.81. The number of amides is 1. The number of rotatable bonds is 7. The van der Waals surface area contributed by atoms with Crippen LogP contribution in [0.2, 0.25) is 0 Å². The molecule has 0 aliphatic heterocycles. The van der Waals surface area contributed by atoms with Gasteiger partial charge in [-0.05, 0) is 44.9 Å². The van der Waals surface area contributed by atoms with E-state index in [1.165, 1.54) is 0 Å². The molecular formula is C15H24N2O2S. The molecule has 0 aliphatic rings. The Labute approximate surface area is 123 Å². The van der Waals surface area contributed by atoms with Crippen molar-refractivity contribution in [2.75, 3.05) is 23.9 Å². The summed E-state index contributed by atoms with van der Waals surface area (Å²) in [5, 5.41) is 6.17. The summed E-state index contributed by atoms with van der Waals surface area (Å²) in [5.41, 5.74) is 2.63. The molecule has 0 saturated carbocycles. The lowest BCUT2D eigenvalue weighted by molar-refractivity contribution is 0.0940. The van der Waals surface area contributed by atoms with Crippen molar-refractivity contribution in [3.05, 3.63) is 29.3 Å². The lowest BCUT2D eigenvalue weighted by Gasteiger charge is -2.16. The molecule has 2 unspecified atom stereocenters.